The largest absolute Gasteiger partial charge is 0.491 e. The van der Waals surface area contributed by atoms with E-state index in [1.807, 2.05) is 18.2 Å². The van der Waals surface area contributed by atoms with Gasteiger partial charge in [-0.05, 0) is 55.1 Å². The first-order chi connectivity index (χ1) is 12.1. The minimum atomic E-state index is 0.137. The van der Waals surface area contributed by atoms with Crippen LogP contribution < -0.4 is 15.8 Å². The number of rotatable bonds is 6. The first-order valence-corrected chi connectivity index (χ1v) is 9.81. The minimum absolute atomic E-state index is 0.137. The van der Waals surface area contributed by atoms with Gasteiger partial charge in [-0.3, -0.25) is 4.79 Å². The van der Waals surface area contributed by atoms with E-state index < -0.39 is 0 Å². The maximum absolute atomic E-state index is 12.5. The molecule has 4 heteroatoms. The van der Waals surface area contributed by atoms with Crippen molar-refractivity contribution in [3.63, 3.8) is 0 Å². The molecule has 3 N–H and O–H groups in total. The van der Waals surface area contributed by atoms with E-state index in [1.54, 1.807) is 0 Å². The Kier molecular flexibility index (Phi) is 6.00. The summed E-state index contributed by atoms with van der Waals surface area (Å²) >= 11 is 0. The highest BCUT2D eigenvalue weighted by molar-refractivity contribution is 5.78. The number of hydrogen-bond donors (Lipinski definition) is 2. The predicted octanol–water partition coefficient (Wildman–Crippen LogP) is 3.46. The summed E-state index contributed by atoms with van der Waals surface area (Å²) in [5.41, 5.74) is 7.53. The molecule has 2 aliphatic carbocycles. The van der Waals surface area contributed by atoms with Crippen LogP contribution in [-0.2, 0) is 4.79 Å². The molecule has 0 spiro atoms. The number of fused-ring (bicyclic) bond motifs is 2. The smallest absolute Gasteiger partial charge is 0.223 e. The maximum Gasteiger partial charge on any atom is 0.223 e. The average molecular weight is 344 g/mol. The fourth-order valence-electron chi connectivity index (χ4n) is 4.57. The molecule has 138 valence electrons. The molecule has 0 saturated heterocycles. The molecule has 3 rings (SSSR count). The van der Waals surface area contributed by atoms with Gasteiger partial charge in [0.2, 0.25) is 5.91 Å². The molecular weight excluding hydrogens is 312 g/mol. The van der Waals surface area contributed by atoms with Crippen molar-refractivity contribution in [3.8, 4) is 5.75 Å². The van der Waals surface area contributed by atoms with Gasteiger partial charge in [-0.1, -0.05) is 38.5 Å². The summed E-state index contributed by atoms with van der Waals surface area (Å²) in [7, 11) is 0. The molecule has 25 heavy (non-hydrogen) atoms. The molecule has 2 aliphatic rings. The number of hydrogen-bond acceptors (Lipinski definition) is 3. The molecule has 1 aromatic rings. The Morgan fingerprint density at radius 3 is 2.60 bits per heavy atom. The first kappa shape index (κ1) is 18.2. The van der Waals surface area contributed by atoms with Gasteiger partial charge in [0, 0.05) is 12.0 Å². The molecule has 0 radical (unpaired) electrons. The van der Waals surface area contributed by atoms with Crippen LogP contribution in [0.3, 0.4) is 0 Å². The molecule has 1 amide bonds. The van der Waals surface area contributed by atoms with Crippen molar-refractivity contribution in [1.29, 1.82) is 0 Å². The third kappa shape index (κ3) is 4.35. The van der Waals surface area contributed by atoms with E-state index in [-0.39, 0.29) is 11.8 Å². The standard InChI is InChI=1S/C21H32N2O2/c1-14(2)18-8-3-4-9-19(18)25-11-10-23-21(24)17-12-15-6-5-7-16(13-17)20(15)22/h3-4,8-9,14-17,20H,5-7,10-13,22H2,1-2H3,(H,23,24). The van der Waals surface area contributed by atoms with Crippen LogP contribution in [0.4, 0.5) is 0 Å². The fraction of sp³-hybridized carbons (Fsp3) is 0.667. The molecule has 0 heterocycles. The normalized spacial score (nSPS) is 28.6. The van der Waals surface area contributed by atoms with Gasteiger partial charge >= 0.3 is 0 Å². The number of carbonyl (C=O) groups is 1. The second-order valence-electron chi connectivity index (χ2n) is 8.03. The van der Waals surface area contributed by atoms with Crippen molar-refractivity contribution in [2.45, 2.75) is 57.9 Å². The van der Waals surface area contributed by atoms with E-state index in [1.165, 1.54) is 24.8 Å². The fourth-order valence-corrected chi connectivity index (χ4v) is 4.57. The second kappa shape index (κ2) is 8.22. The molecule has 2 bridgehead atoms. The molecule has 1 aromatic carbocycles. The topological polar surface area (TPSA) is 64.3 Å². The summed E-state index contributed by atoms with van der Waals surface area (Å²) < 4.78 is 5.89. The maximum atomic E-state index is 12.5. The van der Waals surface area contributed by atoms with Crippen molar-refractivity contribution in [2.75, 3.05) is 13.2 Å². The van der Waals surface area contributed by atoms with E-state index >= 15 is 0 Å². The van der Waals surface area contributed by atoms with E-state index in [9.17, 15) is 4.79 Å². The molecule has 0 aliphatic heterocycles. The Morgan fingerprint density at radius 2 is 1.92 bits per heavy atom. The van der Waals surface area contributed by atoms with Crippen LogP contribution >= 0.6 is 0 Å². The summed E-state index contributed by atoms with van der Waals surface area (Å²) in [6.45, 7) is 5.39. The Hall–Kier alpha value is -1.55. The highest BCUT2D eigenvalue weighted by atomic mass is 16.5. The molecular formula is C21H32N2O2. The van der Waals surface area contributed by atoms with E-state index in [4.69, 9.17) is 10.5 Å². The van der Waals surface area contributed by atoms with Crippen molar-refractivity contribution in [2.24, 2.45) is 23.5 Å². The zero-order valence-corrected chi connectivity index (χ0v) is 15.5. The summed E-state index contributed by atoms with van der Waals surface area (Å²) in [5.74, 6) is 2.75. The van der Waals surface area contributed by atoms with E-state index in [2.05, 4.69) is 25.2 Å². The zero-order chi connectivity index (χ0) is 17.8. The zero-order valence-electron chi connectivity index (χ0n) is 15.5. The van der Waals surface area contributed by atoms with E-state index in [0.29, 0.717) is 36.9 Å². The number of nitrogens with two attached hydrogens (primary N) is 1. The lowest BCUT2D eigenvalue weighted by Crippen LogP contribution is -2.49. The van der Waals surface area contributed by atoms with Gasteiger partial charge in [-0.15, -0.1) is 0 Å². The summed E-state index contributed by atoms with van der Waals surface area (Å²) in [5, 5.41) is 3.07. The predicted molar refractivity (Wildman–Crippen MR) is 101 cm³/mol. The highest BCUT2D eigenvalue weighted by Gasteiger charge is 2.40. The van der Waals surface area contributed by atoms with Gasteiger partial charge in [-0.2, -0.15) is 0 Å². The van der Waals surface area contributed by atoms with Gasteiger partial charge in [0.1, 0.15) is 12.4 Å². The van der Waals surface area contributed by atoms with Crippen molar-refractivity contribution in [1.82, 2.24) is 5.32 Å². The number of nitrogens with one attached hydrogen (secondary N) is 1. The third-order valence-corrected chi connectivity index (χ3v) is 5.98. The Morgan fingerprint density at radius 1 is 1.24 bits per heavy atom. The number of para-hydroxylation sites is 1. The summed E-state index contributed by atoms with van der Waals surface area (Å²) in [4.78, 5) is 12.5. The SMILES string of the molecule is CC(C)c1ccccc1OCCNC(=O)C1CC2CCCC(C1)C2N. The van der Waals surface area contributed by atoms with Gasteiger partial charge in [0.05, 0.1) is 6.54 Å². The monoisotopic (exact) mass is 344 g/mol. The number of carbonyl (C=O) groups excluding carboxylic acids is 1. The van der Waals surface area contributed by atoms with Crippen LogP contribution in [-0.4, -0.2) is 25.1 Å². The van der Waals surface area contributed by atoms with Gasteiger partial charge < -0.3 is 15.8 Å². The average Bonchev–Trinajstić information content (AvgIpc) is 2.58. The van der Waals surface area contributed by atoms with Crippen LogP contribution in [0.25, 0.3) is 0 Å². The molecule has 4 nitrogen and oxygen atoms in total. The van der Waals surface area contributed by atoms with Crippen LogP contribution in [0.15, 0.2) is 24.3 Å². The quantitative estimate of drug-likeness (QED) is 0.777. The van der Waals surface area contributed by atoms with Gasteiger partial charge in [-0.25, -0.2) is 0 Å². The molecule has 2 fully saturated rings. The second-order valence-corrected chi connectivity index (χ2v) is 8.03. The van der Waals surface area contributed by atoms with Crippen molar-refractivity contribution in [3.05, 3.63) is 29.8 Å². The first-order valence-electron chi connectivity index (χ1n) is 9.81. The van der Waals surface area contributed by atoms with E-state index in [0.717, 1.165) is 18.6 Å². The minimum Gasteiger partial charge on any atom is -0.491 e. The number of amides is 1. The van der Waals surface area contributed by atoms with Crippen LogP contribution in [0.5, 0.6) is 5.75 Å². The molecule has 2 unspecified atom stereocenters. The van der Waals surface area contributed by atoms with Crippen molar-refractivity contribution < 1.29 is 9.53 Å². The summed E-state index contributed by atoms with van der Waals surface area (Å²) in [6, 6.07) is 8.44. The van der Waals surface area contributed by atoms with Gasteiger partial charge in [0.25, 0.3) is 0 Å². The third-order valence-electron chi connectivity index (χ3n) is 5.98. The Balaban J connectivity index is 1.44. The van der Waals surface area contributed by atoms with Gasteiger partial charge in [0.15, 0.2) is 0 Å². The highest BCUT2D eigenvalue weighted by Crippen LogP contribution is 2.41. The molecule has 2 saturated carbocycles. The lowest BCUT2D eigenvalue weighted by Gasteiger charge is -2.43. The van der Waals surface area contributed by atoms with Crippen LogP contribution in [0.2, 0.25) is 0 Å². The molecule has 0 aromatic heterocycles. The number of benzene rings is 1. The van der Waals surface area contributed by atoms with Crippen molar-refractivity contribution >= 4 is 5.91 Å². The Bertz CT molecular complexity index is 573. The van der Waals surface area contributed by atoms with Crippen LogP contribution in [0.1, 0.15) is 57.4 Å². The molecule has 2 atom stereocenters. The summed E-state index contributed by atoms with van der Waals surface area (Å²) in [6.07, 6.45) is 5.58. The Labute approximate surface area is 151 Å². The lowest BCUT2D eigenvalue weighted by molar-refractivity contribution is -0.128. The number of ether oxygens (including phenoxy) is 1. The van der Waals surface area contributed by atoms with Crippen LogP contribution in [0, 0.1) is 17.8 Å². The lowest BCUT2D eigenvalue weighted by atomic mass is 9.65.